The Morgan fingerprint density at radius 2 is 1.82 bits per heavy atom. The van der Waals surface area contributed by atoms with Crippen LogP contribution in [0.2, 0.25) is 0 Å². The number of aliphatic hydroxyl groups excluding tert-OH is 1. The largest absolute Gasteiger partial charge is 0.445 e. The maximum Gasteiger partial charge on any atom is 0.410 e. The summed E-state index contributed by atoms with van der Waals surface area (Å²) in [5.41, 5.74) is 0.883. The molecule has 0 aromatic heterocycles. The Hall–Kier alpha value is -2.08. The summed E-state index contributed by atoms with van der Waals surface area (Å²) in [5, 5.41) is 11.0. The summed E-state index contributed by atoms with van der Waals surface area (Å²) < 4.78 is 5.05. The molecule has 0 aliphatic rings. The number of carbonyl (C=O) groups excluding carboxylic acids is 2. The highest BCUT2D eigenvalue weighted by Gasteiger charge is 2.13. The Morgan fingerprint density at radius 1 is 1.23 bits per heavy atom. The fraction of sp³-hybridized carbons (Fsp3) is 0.500. The van der Waals surface area contributed by atoms with Crippen molar-refractivity contribution in [3.63, 3.8) is 0 Å². The summed E-state index contributed by atoms with van der Waals surface area (Å²) in [6.07, 6.45) is 0.683. The van der Waals surface area contributed by atoms with Gasteiger partial charge in [-0.3, -0.25) is 4.79 Å². The van der Waals surface area contributed by atoms with Crippen LogP contribution < -0.4 is 5.32 Å². The lowest BCUT2D eigenvalue weighted by molar-refractivity contribution is -0.121. The minimum absolute atomic E-state index is 0.104. The number of aliphatic hydroxyl groups is 1. The van der Waals surface area contributed by atoms with Gasteiger partial charge in [-0.2, -0.15) is 0 Å². The molecule has 22 heavy (non-hydrogen) atoms. The number of ether oxygens (including phenoxy) is 1. The van der Waals surface area contributed by atoms with Gasteiger partial charge in [-0.25, -0.2) is 4.79 Å². The van der Waals surface area contributed by atoms with Gasteiger partial charge in [0.25, 0.3) is 0 Å². The van der Waals surface area contributed by atoms with Crippen LogP contribution in [0.4, 0.5) is 4.79 Å². The second-order valence-electron chi connectivity index (χ2n) is 4.68. The highest BCUT2D eigenvalue weighted by molar-refractivity contribution is 5.82. The van der Waals surface area contributed by atoms with Crippen molar-refractivity contribution in [2.24, 2.45) is 0 Å². The molecule has 0 saturated carbocycles. The SMILES string of the molecule is CCC.CN(CC(=O)NCCO)C(=O)OCc1ccccc1. The van der Waals surface area contributed by atoms with Gasteiger partial charge in [-0.15, -0.1) is 0 Å². The van der Waals surface area contributed by atoms with E-state index in [-0.39, 0.29) is 32.2 Å². The van der Waals surface area contributed by atoms with Crippen molar-refractivity contribution >= 4 is 12.0 Å². The minimum atomic E-state index is -0.567. The zero-order valence-electron chi connectivity index (χ0n) is 13.5. The number of nitrogens with zero attached hydrogens (tertiary/aromatic N) is 1. The van der Waals surface area contributed by atoms with Crippen LogP contribution in [0, 0.1) is 0 Å². The molecule has 0 unspecified atom stereocenters. The fourth-order valence-corrected chi connectivity index (χ4v) is 1.36. The Bertz CT molecular complexity index is 423. The number of carbonyl (C=O) groups is 2. The molecule has 0 aliphatic heterocycles. The van der Waals surface area contributed by atoms with Crippen molar-refractivity contribution < 1.29 is 19.4 Å². The first-order valence-electron chi connectivity index (χ1n) is 7.34. The van der Waals surface area contributed by atoms with E-state index in [1.807, 2.05) is 30.3 Å². The first-order chi connectivity index (χ1) is 10.5. The van der Waals surface area contributed by atoms with Crippen LogP contribution in [0.5, 0.6) is 0 Å². The van der Waals surface area contributed by atoms with Crippen molar-refractivity contribution in [1.29, 1.82) is 0 Å². The highest BCUT2D eigenvalue weighted by Crippen LogP contribution is 2.02. The number of hydrogen-bond donors (Lipinski definition) is 2. The molecule has 0 fully saturated rings. The quantitative estimate of drug-likeness (QED) is 0.839. The van der Waals surface area contributed by atoms with E-state index < -0.39 is 6.09 Å². The van der Waals surface area contributed by atoms with Crippen LogP contribution >= 0.6 is 0 Å². The van der Waals surface area contributed by atoms with E-state index in [2.05, 4.69) is 19.2 Å². The number of hydrogen-bond acceptors (Lipinski definition) is 4. The smallest absolute Gasteiger partial charge is 0.410 e. The van der Waals surface area contributed by atoms with Crippen molar-refractivity contribution in [1.82, 2.24) is 10.2 Å². The lowest BCUT2D eigenvalue weighted by Gasteiger charge is -2.16. The molecule has 1 aromatic carbocycles. The number of nitrogens with one attached hydrogen (secondary N) is 1. The lowest BCUT2D eigenvalue weighted by Crippen LogP contribution is -2.39. The van der Waals surface area contributed by atoms with Crippen molar-refractivity contribution in [3.8, 4) is 0 Å². The summed E-state index contributed by atoms with van der Waals surface area (Å²) >= 11 is 0. The number of benzene rings is 1. The van der Waals surface area contributed by atoms with Crippen LogP contribution in [0.3, 0.4) is 0 Å². The molecule has 6 nitrogen and oxygen atoms in total. The van der Waals surface area contributed by atoms with E-state index in [1.54, 1.807) is 0 Å². The first kappa shape index (κ1) is 19.9. The predicted molar refractivity (Wildman–Crippen MR) is 85.3 cm³/mol. The second kappa shape index (κ2) is 12.6. The molecule has 2 amide bonds. The molecule has 1 aromatic rings. The van der Waals surface area contributed by atoms with Gasteiger partial charge in [-0.1, -0.05) is 50.6 Å². The molecule has 0 saturated heterocycles. The summed E-state index contributed by atoms with van der Waals surface area (Å²) in [4.78, 5) is 24.1. The molecule has 0 heterocycles. The van der Waals surface area contributed by atoms with E-state index >= 15 is 0 Å². The molecule has 0 aliphatic carbocycles. The van der Waals surface area contributed by atoms with E-state index in [0.29, 0.717) is 0 Å². The Balaban J connectivity index is 0.00000135. The summed E-state index contributed by atoms with van der Waals surface area (Å²) in [6.45, 7) is 4.36. The Kier molecular flexibility index (Phi) is 11.4. The molecule has 0 bridgehead atoms. The maximum atomic E-state index is 11.6. The molecule has 124 valence electrons. The standard InChI is InChI=1S/C13H18N2O4.C3H8/c1-15(9-12(17)14-7-8-16)13(18)19-10-11-5-3-2-4-6-11;1-3-2/h2-6,16H,7-10H2,1H3,(H,14,17);3H2,1-2H3. The van der Waals surface area contributed by atoms with E-state index in [9.17, 15) is 9.59 Å². The maximum absolute atomic E-state index is 11.6. The van der Waals surface area contributed by atoms with Crippen LogP contribution in [0.1, 0.15) is 25.8 Å². The third-order valence-corrected chi connectivity index (χ3v) is 2.33. The average Bonchev–Trinajstić information content (AvgIpc) is 2.52. The summed E-state index contributed by atoms with van der Waals surface area (Å²) in [6, 6.07) is 9.29. The third-order valence-electron chi connectivity index (χ3n) is 2.33. The van der Waals surface area contributed by atoms with Gasteiger partial charge in [0.2, 0.25) is 5.91 Å². The van der Waals surface area contributed by atoms with Crippen molar-refractivity contribution in [2.75, 3.05) is 26.7 Å². The summed E-state index contributed by atoms with van der Waals surface area (Å²) in [5.74, 6) is -0.340. The van der Waals surface area contributed by atoms with Gasteiger partial charge in [0.15, 0.2) is 0 Å². The van der Waals surface area contributed by atoms with Crippen LogP contribution in [-0.4, -0.2) is 48.8 Å². The van der Waals surface area contributed by atoms with Gasteiger partial charge in [0.05, 0.1) is 6.61 Å². The van der Waals surface area contributed by atoms with Gasteiger partial charge in [0.1, 0.15) is 13.2 Å². The van der Waals surface area contributed by atoms with Crippen LogP contribution in [0.25, 0.3) is 0 Å². The molecule has 0 atom stereocenters. The summed E-state index contributed by atoms with van der Waals surface area (Å²) in [7, 11) is 1.48. The number of amides is 2. The topological polar surface area (TPSA) is 78.9 Å². The average molecular weight is 310 g/mol. The monoisotopic (exact) mass is 310 g/mol. The van der Waals surface area contributed by atoms with Crippen LogP contribution in [-0.2, 0) is 16.1 Å². The number of rotatable bonds is 6. The molecule has 0 radical (unpaired) electrons. The molecular formula is C16H26N2O4. The van der Waals surface area contributed by atoms with Crippen LogP contribution in [0.15, 0.2) is 30.3 Å². The minimum Gasteiger partial charge on any atom is -0.445 e. The van der Waals surface area contributed by atoms with Gasteiger partial charge in [0, 0.05) is 13.6 Å². The predicted octanol–water partition coefficient (Wildman–Crippen LogP) is 1.78. The molecule has 0 spiro atoms. The normalized spacial score (nSPS) is 9.27. The molecular weight excluding hydrogens is 284 g/mol. The Morgan fingerprint density at radius 3 is 2.36 bits per heavy atom. The molecule has 1 rings (SSSR count). The van der Waals surface area contributed by atoms with Gasteiger partial charge < -0.3 is 20.1 Å². The van der Waals surface area contributed by atoms with Crippen molar-refractivity contribution in [3.05, 3.63) is 35.9 Å². The molecule has 6 heteroatoms. The van der Waals surface area contributed by atoms with Gasteiger partial charge >= 0.3 is 6.09 Å². The fourth-order valence-electron chi connectivity index (χ4n) is 1.36. The first-order valence-corrected chi connectivity index (χ1v) is 7.34. The highest BCUT2D eigenvalue weighted by atomic mass is 16.6. The molecule has 2 N–H and O–H groups in total. The second-order valence-corrected chi connectivity index (χ2v) is 4.68. The van der Waals surface area contributed by atoms with E-state index in [4.69, 9.17) is 9.84 Å². The number of likely N-dealkylation sites (N-methyl/N-ethyl adjacent to an activating group) is 1. The third kappa shape index (κ3) is 9.77. The zero-order chi connectivity index (χ0) is 16.8. The van der Waals surface area contributed by atoms with E-state index in [0.717, 1.165) is 5.56 Å². The van der Waals surface area contributed by atoms with E-state index in [1.165, 1.54) is 18.4 Å². The van der Waals surface area contributed by atoms with Gasteiger partial charge in [-0.05, 0) is 5.56 Å². The Labute approximate surface area is 132 Å². The van der Waals surface area contributed by atoms with Crippen molar-refractivity contribution in [2.45, 2.75) is 26.9 Å². The lowest BCUT2D eigenvalue weighted by atomic mass is 10.2. The zero-order valence-corrected chi connectivity index (χ0v) is 13.5.